The summed E-state index contributed by atoms with van der Waals surface area (Å²) in [6.45, 7) is 0. The van der Waals surface area contributed by atoms with Crippen LogP contribution in [0.3, 0.4) is 0 Å². The molecule has 4 aromatic carbocycles. The molecule has 0 fully saturated rings. The van der Waals surface area contributed by atoms with Gasteiger partial charge in [0.15, 0.2) is 0 Å². The SMILES string of the molecule is O=Cc1ccc([B-](c2ccc(C=O)cc2)(c2ccc(C=O)cc2)c2ccc(C=O)cc2)cc1. The molecule has 0 atom stereocenters. The summed E-state index contributed by atoms with van der Waals surface area (Å²) in [6, 6.07) is 29.6. The van der Waals surface area contributed by atoms with Crippen LogP contribution in [0.4, 0.5) is 0 Å². The molecule has 0 saturated carbocycles. The van der Waals surface area contributed by atoms with E-state index in [4.69, 9.17) is 0 Å². The summed E-state index contributed by atoms with van der Waals surface area (Å²) in [5.41, 5.74) is 6.07. The third-order valence-corrected chi connectivity index (χ3v) is 6.29. The number of hydrogen-bond donors (Lipinski definition) is 0. The summed E-state index contributed by atoms with van der Waals surface area (Å²) < 4.78 is 0. The van der Waals surface area contributed by atoms with E-state index in [1.165, 1.54) is 0 Å². The van der Waals surface area contributed by atoms with Crippen LogP contribution in [0.5, 0.6) is 0 Å². The Kier molecular flexibility index (Phi) is 6.23. The lowest BCUT2D eigenvalue weighted by Gasteiger charge is -2.44. The van der Waals surface area contributed by atoms with Crippen molar-refractivity contribution in [3.63, 3.8) is 0 Å². The van der Waals surface area contributed by atoms with E-state index >= 15 is 0 Å². The van der Waals surface area contributed by atoms with E-state index in [1.54, 1.807) is 48.5 Å². The number of aldehydes is 4. The zero-order valence-electron chi connectivity index (χ0n) is 17.8. The Hall–Kier alpha value is -4.38. The van der Waals surface area contributed by atoms with Gasteiger partial charge in [-0.25, -0.2) is 0 Å². The lowest BCUT2D eigenvalue weighted by atomic mass is 9.13. The van der Waals surface area contributed by atoms with Gasteiger partial charge >= 0.3 is 0 Å². The van der Waals surface area contributed by atoms with Crippen LogP contribution >= 0.6 is 0 Å². The van der Waals surface area contributed by atoms with Crippen molar-refractivity contribution in [3.8, 4) is 0 Å². The first kappa shape index (κ1) is 21.8. The van der Waals surface area contributed by atoms with Gasteiger partial charge in [-0.05, 0) is 0 Å². The molecule has 4 rings (SSSR count). The second-order valence-corrected chi connectivity index (χ2v) is 8.00. The van der Waals surface area contributed by atoms with Crippen molar-refractivity contribution in [2.75, 3.05) is 0 Å². The first-order valence-corrected chi connectivity index (χ1v) is 10.5. The first-order valence-electron chi connectivity index (χ1n) is 10.5. The maximum atomic E-state index is 11.3. The quantitative estimate of drug-likeness (QED) is 0.317. The predicted molar refractivity (Wildman–Crippen MR) is 132 cm³/mol. The van der Waals surface area contributed by atoms with Gasteiger partial charge in [-0.15, -0.1) is 0 Å². The Morgan fingerprint density at radius 1 is 0.333 bits per heavy atom. The Balaban J connectivity index is 2.09. The highest BCUT2D eigenvalue weighted by Gasteiger charge is 2.31. The molecule has 0 aliphatic rings. The molecule has 160 valence electrons. The molecule has 0 bridgehead atoms. The fraction of sp³-hybridized carbons (Fsp3) is 0. The molecule has 0 heterocycles. The monoisotopic (exact) mass is 431 g/mol. The van der Waals surface area contributed by atoms with E-state index < -0.39 is 6.15 Å². The summed E-state index contributed by atoms with van der Waals surface area (Å²) in [6.07, 6.45) is 1.44. The van der Waals surface area contributed by atoms with Crippen LogP contribution in [0, 0.1) is 0 Å². The van der Waals surface area contributed by atoms with E-state index in [1.807, 2.05) is 48.5 Å². The number of carbonyl (C=O) groups excluding carboxylic acids is 4. The van der Waals surface area contributed by atoms with Gasteiger partial charge in [0.1, 0.15) is 31.3 Å². The van der Waals surface area contributed by atoms with Crippen LogP contribution < -0.4 is 21.9 Å². The van der Waals surface area contributed by atoms with Crippen LogP contribution in [0.15, 0.2) is 97.1 Å². The molecular weight excluding hydrogens is 411 g/mol. The normalized spacial score (nSPS) is 10.9. The molecule has 0 aliphatic carbocycles. The van der Waals surface area contributed by atoms with Gasteiger partial charge in [0.2, 0.25) is 0 Å². The van der Waals surface area contributed by atoms with E-state index in [0.717, 1.165) is 47.0 Å². The number of benzene rings is 4. The minimum atomic E-state index is -1.76. The molecule has 0 aromatic heterocycles. The Labute approximate surface area is 191 Å². The Bertz CT molecular complexity index is 1080. The maximum absolute atomic E-state index is 11.3. The lowest BCUT2D eigenvalue weighted by Crippen LogP contribution is -2.74. The van der Waals surface area contributed by atoms with Crippen LogP contribution in [0.1, 0.15) is 41.4 Å². The van der Waals surface area contributed by atoms with Gasteiger partial charge in [0.25, 0.3) is 0 Å². The topological polar surface area (TPSA) is 68.3 Å². The Morgan fingerprint density at radius 3 is 0.667 bits per heavy atom. The van der Waals surface area contributed by atoms with Gasteiger partial charge in [-0.3, -0.25) is 19.2 Å². The summed E-state index contributed by atoms with van der Waals surface area (Å²) in [5.74, 6) is 0. The predicted octanol–water partition coefficient (Wildman–Crippen LogP) is 2.31. The molecule has 33 heavy (non-hydrogen) atoms. The highest BCUT2D eigenvalue weighted by molar-refractivity contribution is 7.19. The van der Waals surface area contributed by atoms with Crippen molar-refractivity contribution >= 4 is 53.1 Å². The Morgan fingerprint density at radius 2 is 0.515 bits per heavy atom. The van der Waals surface area contributed by atoms with Crippen molar-refractivity contribution < 1.29 is 19.2 Å². The van der Waals surface area contributed by atoms with Crippen LogP contribution in [0.25, 0.3) is 0 Å². The molecule has 0 N–H and O–H groups in total. The number of hydrogen-bond acceptors (Lipinski definition) is 4. The molecule has 4 aromatic rings. The van der Waals surface area contributed by atoms with Gasteiger partial charge < -0.3 is 0 Å². The standard InChI is InChI=1S/C28H20BO4/c30-17-21-1-9-25(10-2-21)29(26-11-3-22(18-31)4-12-26,27-13-5-23(19-32)6-14-27)28-15-7-24(20-33)8-16-28/h1-20H/q-1. The average Bonchev–Trinajstić information content (AvgIpc) is 2.90. The second-order valence-electron chi connectivity index (χ2n) is 8.00. The number of rotatable bonds is 8. The molecule has 0 aliphatic heterocycles. The molecule has 0 amide bonds. The van der Waals surface area contributed by atoms with Crippen molar-refractivity contribution in [1.82, 2.24) is 0 Å². The summed E-state index contributed by atoms with van der Waals surface area (Å²) >= 11 is 0. The van der Waals surface area contributed by atoms with Gasteiger partial charge in [-0.2, -0.15) is 21.9 Å². The third-order valence-electron chi connectivity index (χ3n) is 6.29. The molecule has 0 unspecified atom stereocenters. The third kappa shape index (κ3) is 3.97. The number of carbonyl (C=O) groups is 4. The van der Waals surface area contributed by atoms with Crippen LogP contribution in [-0.2, 0) is 0 Å². The van der Waals surface area contributed by atoms with E-state index in [-0.39, 0.29) is 0 Å². The highest BCUT2D eigenvalue weighted by Crippen LogP contribution is 2.12. The van der Waals surface area contributed by atoms with Crippen molar-refractivity contribution in [1.29, 1.82) is 0 Å². The largest absolute Gasteiger partial charge is 0.298 e. The highest BCUT2D eigenvalue weighted by atomic mass is 16.1. The van der Waals surface area contributed by atoms with Crippen LogP contribution in [-0.4, -0.2) is 31.3 Å². The minimum Gasteiger partial charge on any atom is -0.298 e. The fourth-order valence-corrected chi connectivity index (χ4v) is 4.61. The fourth-order valence-electron chi connectivity index (χ4n) is 4.61. The molecule has 0 radical (unpaired) electrons. The van der Waals surface area contributed by atoms with Crippen molar-refractivity contribution in [3.05, 3.63) is 119 Å². The zero-order chi connectivity index (χ0) is 23.3. The lowest BCUT2D eigenvalue weighted by molar-refractivity contribution is 0.111. The second kappa shape index (κ2) is 9.41. The van der Waals surface area contributed by atoms with Crippen LogP contribution in [0.2, 0.25) is 0 Å². The van der Waals surface area contributed by atoms with E-state index in [9.17, 15) is 19.2 Å². The van der Waals surface area contributed by atoms with E-state index in [0.29, 0.717) is 22.3 Å². The molecule has 0 saturated heterocycles. The van der Waals surface area contributed by atoms with Crippen molar-refractivity contribution in [2.24, 2.45) is 0 Å². The molecular formula is C28H20BO4-. The average molecular weight is 431 g/mol. The summed E-state index contributed by atoms with van der Waals surface area (Å²) in [4.78, 5) is 45.2. The molecule has 5 heteroatoms. The summed E-state index contributed by atoms with van der Waals surface area (Å²) in [7, 11) is 0. The molecule has 4 nitrogen and oxygen atoms in total. The van der Waals surface area contributed by atoms with Gasteiger partial charge in [0, 0.05) is 22.3 Å². The van der Waals surface area contributed by atoms with E-state index in [2.05, 4.69) is 0 Å². The smallest absolute Gasteiger partial charge is 0.150 e. The first-order chi connectivity index (χ1) is 16.1. The van der Waals surface area contributed by atoms with Gasteiger partial charge in [-0.1, -0.05) is 97.1 Å². The molecule has 0 spiro atoms. The zero-order valence-corrected chi connectivity index (χ0v) is 17.8. The maximum Gasteiger partial charge on any atom is 0.150 e. The summed E-state index contributed by atoms with van der Waals surface area (Å²) in [5, 5.41) is 0. The van der Waals surface area contributed by atoms with Crippen molar-refractivity contribution in [2.45, 2.75) is 0 Å². The van der Waals surface area contributed by atoms with Gasteiger partial charge in [0.05, 0.1) is 0 Å². The minimum absolute atomic E-state index is 0.562.